The monoisotopic (exact) mass is 253 g/mol. The molecule has 0 spiro atoms. The molecule has 2 rings (SSSR count). The molecule has 0 radical (unpaired) electrons. The van der Waals surface area contributed by atoms with Crippen molar-refractivity contribution in [3.63, 3.8) is 0 Å². The average Bonchev–Trinajstić information content (AvgIpc) is 2.76. The molecule has 0 saturated carbocycles. The van der Waals surface area contributed by atoms with Crippen molar-refractivity contribution >= 4 is 17.1 Å². The number of fused-ring (bicyclic) bond motifs is 1. The third-order valence-corrected chi connectivity index (χ3v) is 3.81. The van der Waals surface area contributed by atoms with Gasteiger partial charge < -0.3 is 9.98 Å². The quantitative estimate of drug-likeness (QED) is 0.812. The van der Waals surface area contributed by atoms with Gasteiger partial charge in [-0.05, 0) is 55.0 Å². The molecule has 1 N–H and O–H groups in total. The van der Waals surface area contributed by atoms with Gasteiger partial charge in [0.05, 0.1) is 11.6 Å². The van der Waals surface area contributed by atoms with Crippen LogP contribution in [0.4, 0.5) is 0 Å². The van der Waals surface area contributed by atoms with E-state index in [1.165, 1.54) is 11.1 Å². The second-order valence-corrected chi connectivity index (χ2v) is 4.95. The van der Waals surface area contributed by atoms with E-state index in [-0.39, 0.29) is 0 Å². The summed E-state index contributed by atoms with van der Waals surface area (Å²) >= 11 is 0. The van der Waals surface area contributed by atoms with Gasteiger partial charge in [-0.25, -0.2) is 0 Å². The molecule has 1 heterocycles. The lowest BCUT2D eigenvalue weighted by molar-refractivity contribution is 0.601. The Labute approximate surface area is 114 Å². The minimum absolute atomic E-state index is 0.368. The van der Waals surface area contributed by atoms with Crippen LogP contribution in [-0.4, -0.2) is 10.8 Å². The van der Waals surface area contributed by atoms with Crippen molar-refractivity contribution in [3.8, 4) is 6.07 Å². The third kappa shape index (κ3) is 2.68. The van der Waals surface area contributed by atoms with Crippen LogP contribution in [0.15, 0.2) is 24.3 Å². The fourth-order valence-corrected chi connectivity index (χ4v) is 2.44. The summed E-state index contributed by atoms with van der Waals surface area (Å²) < 4.78 is 2.16. The highest BCUT2D eigenvalue weighted by atomic mass is 14.9. The number of hydrogen-bond donors (Lipinski definition) is 1. The highest BCUT2D eigenvalue weighted by Gasteiger charge is 2.09. The van der Waals surface area contributed by atoms with Crippen LogP contribution in [0.3, 0.4) is 0 Å². The standard InChI is InChI=1S/C16H19N3/c1-3-12(10-17)5-7-15-9-14-6-4-13(11-18)8-16(14)19(15)2/h4,6,8-10,12,17H,3,5,7H2,1-2H3/t12-/m0/s1. The maximum absolute atomic E-state index is 8.95. The summed E-state index contributed by atoms with van der Waals surface area (Å²) in [5.41, 5.74) is 3.08. The molecule has 98 valence electrons. The van der Waals surface area contributed by atoms with Gasteiger partial charge in [-0.15, -0.1) is 0 Å². The minimum Gasteiger partial charge on any atom is -0.348 e. The fraction of sp³-hybridized carbons (Fsp3) is 0.375. The molecule has 1 aromatic heterocycles. The summed E-state index contributed by atoms with van der Waals surface area (Å²) in [7, 11) is 2.05. The van der Waals surface area contributed by atoms with Crippen molar-refractivity contribution < 1.29 is 0 Å². The lowest BCUT2D eigenvalue weighted by Crippen LogP contribution is -2.04. The highest BCUT2D eigenvalue weighted by molar-refractivity contribution is 5.82. The van der Waals surface area contributed by atoms with Gasteiger partial charge in [0.2, 0.25) is 0 Å². The first-order valence-corrected chi connectivity index (χ1v) is 6.68. The summed E-state index contributed by atoms with van der Waals surface area (Å²) in [5, 5.41) is 17.5. The molecule has 0 aliphatic carbocycles. The molecule has 19 heavy (non-hydrogen) atoms. The van der Waals surface area contributed by atoms with E-state index < -0.39 is 0 Å². The molecule has 2 aromatic rings. The number of nitriles is 1. The molecule has 0 amide bonds. The van der Waals surface area contributed by atoms with Crippen molar-refractivity contribution in [2.45, 2.75) is 26.2 Å². The Hall–Kier alpha value is -2.08. The van der Waals surface area contributed by atoms with E-state index in [4.69, 9.17) is 10.7 Å². The van der Waals surface area contributed by atoms with Crippen molar-refractivity contribution in [2.75, 3.05) is 0 Å². The van der Waals surface area contributed by atoms with Crippen molar-refractivity contribution in [2.24, 2.45) is 13.0 Å². The Morgan fingerprint density at radius 1 is 1.42 bits per heavy atom. The van der Waals surface area contributed by atoms with Crippen molar-refractivity contribution in [1.29, 1.82) is 10.7 Å². The lowest BCUT2D eigenvalue weighted by atomic mass is 10.0. The van der Waals surface area contributed by atoms with Crippen LogP contribution in [0.25, 0.3) is 10.9 Å². The molecular formula is C16H19N3. The average molecular weight is 253 g/mol. The zero-order chi connectivity index (χ0) is 13.8. The zero-order valence-electron chi connectivity index (χ0n) is 11.5. The topological polar surface area (TPSA) is 52.6 Å². The van der Waals surface area contributed by atoms with Gasteiger partial charge in [0, 0.05) is 18.3 Å². The number of nitrogens with one attached hydrogen (secondary N) is 1. The van der Waals surface area contributed by atoms with Gasteiger partial charge in [-0.3, -0.25) is 0 Å². The highest BCUT2D eigenvalue weighted by Crippen LogP contribution is 2.22. The first kappa shape index (κ1) is 13.4. The van der Waals surface area contributed by atoms with Gasteiger partial charge >= 0.3 is 0 Å². The summed E-state index contributed by atoms with van der Waals surface area (Å²) in [4.78, 5) is 0. The SMILES string of the molecule is CC[C@H](C=N)CCc1cc2ccc(C#N)cc2n1C. The first-order valence-electron chi connectivity index (χ1n) is 6.68. The predicted octanol–water partition coefficient (Wildman–Crippen LogP) is 3.66. The molecule has 1 aromatic carbocycles. The molecule has 0 aliphatic heterocycles. The van der Waals surface area contributed by atoms with Gasteiger partial charge in [0.25, 0.3) is 0 Å². The number of hydrogen-bond acceptors (Lipinski definition) is 2. The number of nitrogens with zero attached hydrogens (tertiary/aromatic N) is 2. The van der Waals surface area contributed by atoms with Gasteiger partial charge in [0.15, 0.2) is 0 Å². The minimum atomic E-state index is 0.368. The van der Waals surface area contributed by atoms with E-state index in [9.17, 15) is 0 Å². The van der Waals surface area contributed by atoms with E-state index in [1.807, 2.05) is 25.2 Å². The second kappa shape index (κ2) is 5.71. The van der Waals surface area contributed by atoms with Gasteiger partial charge in [-0.1, -0.05) is 13.0 Å². The Morgan fingerprint density at radius 2 is 2.21 bits per heavy atom. The van der Waals surface area contributed by atoms with E-state index in [0.29, 0.717) is 11.5 Å². The molecule has 0 saturated heterocycles. The first-order chi connectivity index (χ1) is 9.19. The van der Waals surface area contributed by atoms with Gasteiger partial charge in [0.1, 0.15) is 0 Å². The molecule has 0 aliphatic rings. The Morgan fingerprint density at radius 3 is 2.84 bits per heavy atom. The van der Waals surface area contributed by atoms with Crippen LogP contribution >= 0.6 is 0 Å². The molecule has 0 fully saturated rings. The van der Waals surface area contributed by atoms with E-state index >= 15 is 0 Å². The molecule has 0 bridgehead atoms. The van der Waals surface area contributed by atoms with Crippen LogP contribution < -0.4 is 0 Å². The van der Waals surface area contributed by atoms with Crippen LogP contribution in [0, 0.1) is 22.7 Å². The molecule has 3 nitrogen and oxygen atoms in total. The lowest BCUT2D eigenvalue weighted by Gasteiger charge is -2.09. The molecule has 1 atom stereocenters. The Bertz CT molecular complexity index is 631. The van der Waals surface area contributed by atoms with Crippen LogP contribution in [0.2, 0.25) is 0 Å². The normalized spacial score (nSPS) is 12.3. The fourth-order valence-electron chi connectivity index (χ4n) is 2.44. The van der Waals surface area contributed by atoms with E-state index in [2.05, 4.69) is 23.6 Å². The number of aromatic nitrogens is 1. The Kier molecular flexibility index (Phi) is 4.01. The third-order valence-electron chi connectivity index (χ3n) is 3.81. The van der Waals surface area contributed by atoms with Crippen molar-refractivity contribution in [1.82, 2.24) is 4.57 Å². The predicted molar refractivity (Wildman–Crippen MR) is 78.5 cm³/mol. The van der Waals surface area contributed by atoms with E-state index in [0.717, 1.165) is 24.8 Å². The summed E-state index contributed by atoms with van der Waals surface area (Å²) in [6.07, 6.45) is 4.55. The zero-order valence-corrected chi connectivity index (χ0v) is 11.5. The number of aryl methyl sites for hydroxylation is 2. The molecule has 0 unspecified atom stereocenters. The summed E-state index contributed by atoms with van der Waals surface area (Å²) in [5.74, 6) is 0.368. The maximum Gasteiger partial charge on any atom is 0.0992 e. The maximum atomic E-state index is 8.95. The van der Waals surface area contributed by atoms with Crippen LogP contribution in [0.1, 0.15) is 31.0 Å². The van der Waals surface area contributed by atoms with Gasteiger partial charge in [-0.2, -0.15) is 5.26 Å². The molecule has 3 heteroatoms. The number of rotatable bonds is 5. The second-order valence-electron chi connectivity index (χ2n) is 4.95. The van der Waals surface area contributed by atoms with Crippen molar-refractivity contribution in [3.05, 3.63) is 35.5 Å². The summed E-state index contributed by atoms with van der Waals surface area (Å²) in [6.45, 7) is 2.12. The molecular weight excluding hydrogens is 234 g/mol. The largest absolute Gasteiger partial charge is 0.348 e. The van der Waals surface area contributed by atoms with E-state index in [1.54, 1.807) is 6.21 Å². The number of benzene rings is 1. The Balaban J connectivity index is 2.27. The van der Waals surface area contributed by atoms with Crippen LogP contribution in [0.5, 0.6) is 0 Å². The smallest absolute Gasteiger partial charge is 0.0992 e. The van der Waals surface area contributed by atoms with Crippen LogP contribution in [-0.2, 0) is 13.5 Å². The summed E-state index contributed by atoms with van der Waals surface area (Å²) in [6, 6.07) is 10.2.